The van der Waals surface area contributed by atoms with Gasteiger partial charge in [0.1, 0.15) is 11.6 Å². The largest absolute Gasteiger partial charge is 0.494 e. The molecule has 1 N–H and O–H groups in total. The number of benzene rings is 1. The van der Waals surface area contributed by atoms with Gasteiger partial charge < -0.3 is 14.7 Å². The lowest BCUT2D eigenvalue weighted by molar-refractivity contribution is -0.151. The van der Waals surface area contributed by atoms with E-state index in [1.807, 2.05) is 19.1 Å². The molecule has 2 aliphatic heterocycles. The summed E-state index contributed by atoms with van der Waals surface area (Å²) in [5.41, 5.74) is 4.06. The minimum atomic E-state index is -0.604. The molecule has 0 aromatic heterocycles. The molecular weight excluding hydrogens is 519 g/mol. The summed E-state index contributed by atoms with van der Waals surface area (Å²) in [5, 5.41) is 14.5. The maximum Gasteiger partial charge on any atom is 0.309 e. The molecule has 1 aromatic carbocycles. The van der Waals surface area contributed by atoms with Gasteiger partial charge in [0.2, 0.25) is 0 Å². The molecule has 1 unspecified atom stereocenters. The fourth-order valence-electron chi connectivity index (χ4n) is 8.09. The number of fused-ring (bicyclic) bond motifs is 4. The van der Waals surface area contributed by atoms with Crippen LogP contribution in [0.1, 0.15) is 90.0 Å². The maximum atomic E-state index is 13.7. The zero-order valence-electron chi connectivity index (χ0n) is 24.7. The van der Waals surface area contributed by atoms with Gasteiger partial charge in [-0.15, -0.1) is 0 Å². The van der Waals surface area contributed by atoms with Crippen LogP contribution in [0.3, 0.4) is 0 Å². The second-order valence-corrected chi connectivity index (χ2v) is 13.1. The number of oxime groups is 1. The molecule has 2 bridgehead atoms. The number of carboxylic acid groups (broad SMARTS) is 1. The van der Waals surface area contributed by atoms with E-state index in [4.69, 9.17) is 9.57 Å². The van der Waals surface area contributed by atoms with Crippen LogP contribution >= 0.6 is 0 Å². The number of rotatable bonds is 11. The third-order valence-corrected chi connectivity index (χ3v) is 10.5. The Labute approximate surface area is 243 Å². The number of allylic oxidation sites excluding steroid dienone is 2. The Balaban J connectivity index is 1.07. The first kappa shape index (κ1) is 28.4. The second kappa shape index (κ2) is 11.5. The Hall–Kier alpha value is -2.67. The number of hydrogen-bond acceptors (Lipinski definition) is 5. The number of aliphatic carboxylic acids is 1. The smallest absolute Gasteiger partial charge is 0.309 e. The minimum Gasteiger partial charge on any atom is -0.494 e. The van der Waals surface area contributed by atoms with E-state index in [-0.39, 0.29) is 11.4 Å². The second-order valence-electron chi connectivity index (χ2n) is 13.1. The third-order valence-electron chi connectivity index (χ3n) is 10.5. The zero-order chi connectivity index (χ0) is 28.6. The average molecular weight is 565 g/mol. The van der Waals surface area contributed by atoms with Crippen LogP contribution in [0.4, 0.5) is 4.39 Å². The van der Waals surface area contributed by atoms with Crippen LogP contribution in [-0.4, -0.2) is 53.5 Å². The fraction of sp³-hybridized carbons (Fsp3) is 0.647. The van der Waals surface area contributed by atoms with Crippen molar-refractivity contribution in [3.63, 3.8) is 0 Å². The summed E-state index contributed by atoms with van der Waals surface area (Å²) in [6.07, 6.45) is 12.7. The Morgan fingerprint density at radius 1 is 1.12 bits per heavy atom. The van der Waals surface area contributed by atoms with Crippen molar-refractivity contribution in [1.82, 2.24) is 4.90 Å². The lowest BCUT2D eigenvalue weighted by Crippen LogP contribution is -2.61. The van der Waals surface area contributed by atoms with E-state index in [0.29, 0.717) is 24.4 Å². The highest BCUT2D eigenvalue weighted by atomic mass is 19.1. The van der Waals surface area contributed by atoms with E-state index in [0.717, 1.165) is 94.3 Å². The van der Waals surface area contributed by atoms with Gasteiger partial charge in [-0.3, -0.25) is 9.69 Å². The predicted octanol–water partition coefficient (Wildman–Crippen LogP) is 7.21. The molecule has 1 spiro atoms. The Morgan fingerprint density at radius 2 is 1.83 bits per heavy atom. The van der Waals surface area contributed by atoms with Crippen LogP contribution in [-0.2, 0) is 14.4 Å². The summed E-state index contributed by atoms with van der Waals surface area (Å²) in [4.78, 5) is 20.5. The van der Waals surface area contributed by atoms with Crippen LogP contribution < -0.4 is 0 Å². The first-order chi connectivity index (χ1) is 19.9. The summed E-state index contributed by atoms with van der Waals surface area (Å²) in [6.45, 7) is 7.49. The van der Waals surface area contributed by atoms with Crippen molar-refractivity contribution in [3.8, 4) is 0 Å². The maximum absolute atomic E-state index is 13.7. The molecule has 4 aliphatic carbocycles. The Morgan fingerprint density at radius 3 is 2.46 bits per heavy atom. The first-order valence-electron chi connectivity index (χ1n) is 15.9. The van der Waals surface area contributed by atoms with Gasteiger partial charge in [-0.2, -0.15) is 0 Å². The zero-order valence-corrected chi connectivity index (χ0v) is 24.7. The van der Waals surface area contributed by atoms with Crippen LogP contribution in [0.2, 0.25) is 0 Å². The molecule has 0 radical (unpaired) electrons. The minimum absolute atomic E-state index is 0.211. The molecule has 1 atom stereocenters. The molecule has 7 heteroatoms. The highest BCUT2D eigenvalue weighted by molar-refractivity contribution is 5.89. The van der Waals surface area contributed by atoms with E-state index < -0.39 is 11.4 Å². The highest BCUT2D eigenvalue weighted by Gasteiger charge is 2.53. The predicted molar refractivity (Wildman–Crippen MR) is 158 cm³/mol. The normalized spacial score (nSPS) is 29.8. The van der Waals surface area contributed by atoms with Gasteiger partial charge in [-0.1, -0.05) is 29.8 Å². The Bertz CT molecular complexity index is 1220. The quantitative estimate of drug-likeness (QED) is 0.227. The van der Waals surface area contributed by atoms with Gasteiger partial charge in [0.15, 0.2) is 5.60 Å². The standard InChI is InChI=1S/C34H45FN2O4/c1-3-27(23-7-8-23)31(25-9-11-26(35)12-10-25)30(40-4-2)6-5-19-37-21-34(22-37)20-29(36-41-34)28-15-18-33(32(38)39)16-13-24(28)14-17-33/h6,9-12,23-24,28H,3-5,7-8,13-22H2,1-2H3,(H,38,39)/b30-6+,31-27+. The number of carboxylic acids is 1. The van der Waals surface area contributed by atoms with E-state index in [2.05, 4.69) is 23.1 Å². The van der Waals surface area contributed by atoms with Crippen LogP contribution in [0.5, 0.6) is 0 Å². The molecule has 5 fully saturated rings. The van der Waals surface area contributed by atoms with E-state index >= 15 is 0 Å². The molecule has 0 amide bonds. The first-order valence-corrected chi connectivity index (χ1v) is 15.9. The lowest BCUT2D eigenvalue weighted by atomic mass is 9.70. The van der Waals surface area contributed by atoms with Crippen molar-refractivity contribution >= 4 is 17.3 Å². The molecule has 4 saturated carbocycles. The third kappa shape index (κ3) is 5.71. The molecule has 1 aromatic rings. The molecule has 6 aliphatic rings. The lowest BCUT2D eigenvalue weighted by Gasteiger charge is -2.45. The summed E-state index contributed by atoms with van der Waals surface area (Å²) in [7, 11) is 0. The van der Waals surface area contributed by atoms with Crippen molar-refractivity contribution in [2.75, 3.05) is 26.2 Å². The van der Waals surface area contributed by atoms with Crippen molar-refractivity contribution in [1.29, 1.82) is 0 Å². The van der Waals surface area contributed by atoms with Gasteiger partial charge in [0.25, 0.3) is 0 Å². The molecule has 2 heterocycles. The number of likely N-dealkylation sites (tertiary alicyclic amines) is 1. The number of nitrogens with zero attached hydrogens (tertiary/aromatic N) is 2. The van der Waals surface area contributed by atoms with Crippen molar-refractivity contribution in [2.24, 2.45) is 28.3 Å². The summed E-state index contributed by atoms with van der Waals surface area (Å²) < 4.78 is 20.0. The molecular formula is C34H45FN2O4. The number of carbonyl (C=O) groups is 1. The number of halogens is 1. The summed E-state index contributed by atoms with van der Waals surface area (Å²) in [6, 6.07) is 6.85. The Kier molecular flexibility index (Phi) is 8.01. The van der Waals surface area contributed by atoms with E-state index in [1.54, 1.807) is 12.1 Å². The average Bonchev–Trinajstić information content (AvgIpc) is 3.76. The molecule has 7 rings (SSSR count). The van der Waals surface area contributed by atoms with Gasteiger partial charge in [0, 0.05) is 37.5 Å². The van der Waals surface area contributed by atoms with E-state index in [1.165, 1.54) is 24.1 Å². The van der Waals surface area contributed by atoms with Crippen LogP contribution in [0.25, 0.3) is 5.57 Å². The fourth-order valence-corrected chi connectivity index (χ4v) is 8.09. The van der Waals surface area contributed by atoms with Gasteiger partial charge in [-0.05, 0) is 107 Å². The van der Waals surface area contributed by atoms with E-state index in [9.17, 15) is 14.3 Å². The monoisotopic (exact) mass is 564 g/mol. The molecule has 1 saturated heterocycles. The van der Waals surface area contributed by atoms with Gasteiger partial charge >= 0.3 is 5.97 Å². The van der Waals surface area contributed by atoms with Crippen molar-refractivity contribution in [2.45, 2.75) is 90.1 Å². The van der Waals surface area contributed by atoms with Crippen molar-refractivity contribution < 1.29 is 23.9 Å². The molecule has 222 valence electrons. The molecule has 41 heavy (non-hydrogen) atoms. The summed E-state index contributed by atoms with van der Waals surface area (Å²) >= 11 is 0. The number of hydrogen-bond donors (Lipinski definition) is 1. The summed E-state index contributed by atoms with van der Waals surface area (Å²) in [5.74, 6) is 1.62. The topological polar surface area (TPSA) is 71.4 Å². The van der Waals surface area contributed by atoms with Crippen LogP contribution in [0.15, 0.2) is 46.8 Å². The van der Waals surface area contributed by atoms with Gasteiger partial charge in [-0.25, -0.2) is 4.39 Å². The highest BCUT2D eigenvalue weighted by Crippen LogP contribution is 2.52. The molecule has 6 nitrogen and oxygen atoms in total. The van der Waals surface area contributed by atoms with Crippen molar-refractivity contribution in [3.05, 3.63) is 53.1 Å². The number of ether oxygens (including phenoxy) is 1. The van der Waals surface area contributed by atoms with Crippen LogP contribution in [0, 0.1) is 29.0 Å². The SMILES string of the molecule is CCOC(=C/CCN1CC2(CC(C3CCC4(C(=O)O)CCC3CC4)=NO2)C1)/C(=C(\CC)C1CC1)c1ccc(F)cc1. The van der Waals surface area contributed by atoms with Gasteiger partial charge in [0.05, 0.1) is 17.7 Å².